The zero-order valence-electron chi connectivity index (χ0n) is 17.5. The van der Waals surface area contributed by atoms with Gasteiger partial charge in [0.1, 0.15) is 4.90 Å². The van der Waals surface area contributed by atoms with Gasteiger partial charge in [0.15, 0.2) is 0 Å². The summed E-state index contributed by atoms with van der Waals surface area (Å²) in [7, 11) is -2.27. The van der Waals surface area contributed by atoms with Crippen molar-refractivity contribution in [2.75, 3.05) is 24.5 Å². The van der Waals surface area contributed by atoms with Gasteiger partial charge in [-0.25, -0.2) is 17.9 Å². The minimum atomic E-state index is -3.99. The lowest BCUT2D eigenvalue weighted by atomic mass is 10.1. The Balaban J connectivity index is 1.59. The number of rotatable bonds is 7. The van der Waals surface area contributed by atoms with E-state index in [9.17, 15) is 13.2 Å². The molecule has 2 N–H and O–H groups in total. The highest BCUT2D eigenvalue weighted by Gasteiger charge is 2.29. The number of nitrogens with one attached hydrogen (secondary N) is 2. The number of carbonyl (C=O) groups is 1. The van der Waals surface area contributed by atoms with E-state index in [1.807, 2.05) is 26.0 Å². The second-order valence-electron chi connectivity index (χ2n) is 7.45. The molecule has 0 saturated carbocycles. The van der Waals surface area contributed by atoms with Crippen LogP contribution < -0.4 is 14.9 Å². The molecule has 1 aliphatic heterocycles. The molecule has 1 unspecified atom stereocenters. The molecule has 1 fully saturated rings. The Morgan fingerprint density at radius 2 is 2.07 bits per heavy atom. The first-order valence-electron chi connectivity index (χ1n) is 10.1. The number of anilines is 1. The van der Waals surface area contributed by atoms with Crippen LogP contribution in [0.5, 0.6) is 0 Å². The van der Waals surface area contributed by atoms with Gasteiger partial charge >= 0.3 is 6.03 Å². The van der Waals surface area contributed by atoms with E-state index in [0.717, 1.165) is 29.7 Å². The first kappa shape index (κ1) is 22.6. The monoisotopic (exact) mass is 497 g/mol. The van der Waals surface area contributed by atoms with E-state index in [4.69, 9.17) is 0 Å². The molecule has 3 rings (SSSR count). The number of nitrogens with zero attached hydrogens (tertiary/aromatic N) is 3. The molecular weight excluding hydrogens is 470 g/mol. The third-order valence-corrected chi connectivity index (χ3v) is 7.32. The molecule has 1 aliphatic rings. The number of hydrogen-bond acceptors (Lipinski definition) is 5. The van der Waals surface area contributed by atoms with Crippen LogP contribution in [-0.2, 0) is 29.9 Å². The van der Waals surface area contributed by atoms with Crippen molar-refractivity contribution in [3.05, 3.63) is 40.1 Å². The summed E-state index contributed by atoms with van der Waals surface area (Å²) in [5.74, 6) is 0.258. The van der Waals surface area contributed by atoms with Crippen LogP contribution >= 0.6 is 15.9 Å². The quantitative estimate of drug-likeness (QED) is 0.612. The van der Waals surface area contributed by atoms with Crippen molar-refractivity contribution in [1.82, 2.24) is 19.8 Å². The largest absolute Gasteiger partial charge is 0.371 e. The summed E-state index contributed by atoms with van der Waals surface area (Å²) in [6.07, 6.45) is 1.91. The Bertz CT molecular complexity index is 1020. The molecule has 164 valence electrons. The van der Waals surface area contributed by atoms with Crippen LogP contribution in [0.25, 0.3) is 0 Å². The molecule has 10 heteroatoms. The van der Waals surface area contributed by atoms with Crippen LogP contribution in [0.4, 0.5) is 10.5 Å². The van der Waals surface area contributed by atoms with Gasteiger partial charge in [0.05, 0.1) is 11.4 Å². The zero-order valence-corrected chi connectivity index (χ0v) is 19.9. The average Bonchev–Trinajstić information content (AvgIpc) is 3.30. The maximum atomic E-state index is 12.8. The average molecular weight is 498 g/mol. The van der Waals surface area contributed by atoms with E-state index < -0.39 is 16.1 Å². The van der Waals surface area contributed by atoms with Crippen LogP contribution in [0, 0.1) is 5.92 Å². The van der Waals surface area contributed by atoms with Crippen molar-refractivity contribution in [3.63, 3.8) is 0 Å². The lowest BCUT2D eigenvalue weighted by Crippen LogP contribution is -2.42. The molecule has 0 aliphatic carbocycles. The molecule has 2 heterocycles. The third-order valence-electron chi connectivity index (χ3n) is 5.36. The number of carbonyl (C=O) groups excluding carboxylic acids is 1. The lowest BCUT2D eigenvalue weighted by molar-refractivity contribution is 0.244. The second kappa shape index (κ2) is 9.38. The maximum absolute atomic E-state index is 12.8. The van der Waals surface area contributed by atoms with Crippen molar-refractivity contribution >= 4 is 37.7 Å². The Morgan fingerprint density at radius 3 is 2.73 bits per heavy atom. The highest BCUT2D eigenvalue weighted by atomic mass is 79.9. The molecule has 30 heavy (non-hydrogen) atoms. The number of hydrogen-bond donors (Lipinski definition) is 2. The highest BCUT2D eigenvalue weighted by Crippen LogP contribution is 2.26. The van der Waals surface area contributed by atoms with Gasteiger partial charge in [-0.2, -0.15) is 5.10 Å². The summed E-state index contributed by atoms with van der Waals surface area (Å²) >= 11 is 3.49. The van der Waals surface area contributed by atoms with Gasteiger partial charge in [0.25, 0.3) is 10.0 Å². The first-order valence-corrected chi connectivity index (χ1v) is 12.4. The standard InChI is InChI=1S/C20H28BrN5O3S/c1-4-17-19(18(5-2)25(3)23-17)30(28,29)24-20(27)22-12-14-9-10-26(13-14)16-8-6-7-15(21)11-16/h6-8,11,14H,4-5,9-10,12-13H2,1-3H3,(H2,22,24,27). The summed E-state index contributed by atoms with van der Waals surface area (Å²) in [6, 6.07) is 7.41. The highest BCUT2D eigenvalue weighted by molar-refractivity contribution is 9.10. The number of urea groups is 1. The molecule has 1 aromatic carbocycles. The molecule has 1 saturated heterocycles. The first-order chi connectivity index (χ1) is 14.2. The Kier molecular flexibility index (Phi) is 7.07. The number of aromatic nitrogens is 2. The van der Waals surface area contributed by atoms with Gasteiger partial charge in [-0.05, 0) is 43.4 Å². The fourth-order valence-electron chi connectivity index (χ4n) is 3.88. The molecule has 0 spiro atoms. The van der Waals surface area contributed by atoms with Gasteiger partial charge in [-0.15, -0.1) is 0 Å². The van der Waals surface area contributed by atoms with E-state index in [2.05, 4.69) is 48.1 Å². The second-order valence-corrected chi connectivity index (χ2v) is 9.98. The Morgan fingerprint density at radius 1 is 1.30 bits per heavy atom. The maximum Gasteiger partial charge on any atom is 0.328 e. The topological polar surface area (TPSA) is 96.3 Å². The van der Waals surface area contributed by atoms with E-state index in [0.29, 0.717) is 30.8 Å². The summed E-state index contributed by atoms with van der Waals surface area (Å²) in [5, 5.41) is 7.01. The van der Waals surface area contributed by atoms with E-state index in [-0.39, 0.29) is 10.8 Å². The Hall–Kier alpha value is -2.07. The van der Waals surface area contributed by atoms with Crippen LogP contribution in [-0.4, -0.2) is 43.9 Å². The van der Waals surface area contributed by atoms with Gasteiger partial charge in [0, 0.05) is 36.8 Å². The molecule has 2 aromatic rings. The molecule has 8 nitrogen and oxygen atoms in total. The van der Waals surface area contributed by atoms with Crippen LogP contribution in [0.15, 0.2) is 33.6 Å². The lowest BCUT2D eigenvalue weighted by Gasteiger charge is -2.19. The predicted molar refractivity (Wildman–Crippen MR) is 120 cm³/mol. The molecule has 1 aromatic heterocycles. The number of amides is 2. The predicted octanol–water partition coefficient (Wildman–Crippen LogP) is 2.82. The molecular formula is C20H28BrN5O3S. The number of aryl methyl sites for hydroxylation is 2. The number of sulfonamides is 1. The van der Waals surface area contributed by atoms with Crippen molar-refractivity contribution < 1.29 is 13.2 Å². The molecule has 1 atom stereocenters. The number of halogens is 1. The number of benzene rings is 1. The van der Waals surface area contributed by atoms with Crippen molar-refractivity contribution in [3.8, 4) is 0 Å². The fourth-order valence-corrected chi connectivity index (χ4v) is 5.77. The smallest absolute Gasteiger partial charge is 0.328 e. The van der Waals surface area contributed by atoms with E-state index >= 15 is 0 Å². The molecule has 0 radical (unpaired) electrons. The summed E-state index contributed by atoms with van der Waals surface area (Å²) < 4.78 is 30.4. The SMILES string of the molecule is CCc1nn(C)c(CC)c1S(=O)(=O)NC(=O)NCC1CCN(c2cccc(Br)c2)C1. The summed E-state index contributed by atoms with van der Waals surface area (Å²) in [5.41, 5.74) is 2.19. The van der Waals surface area contributed by atoms with Crippen molar-refractivity contribution in [2.45, 2.75) is 38.0 Å². The van der Waals surface area contributed by atoms with Gasteiger partial charge in [-0.3, -0.25) is 4.68 Å². The summed E-state index contributed by atoms with van der Waals surface area (Å²) in [6.45, 7) is 5.84. The molecule has 2 amide bonds. The van der Waals surface area contributed by atoms with Gasteiger partial charge in [0.2, 0.25) is 0 Å². The van der Waals surface area contributed by atoms with Crippen molar-refractivity contribution in [1.29, 1.82) is 0 Å². The van der Waals surface area contributed by atoms with Crippen LogP contribution in [0.2, 0.25) is 0 Å². The Labute approximate surface area is 186 Å². The normalized spacial score (nSPS) is 16.7. The minimum absolute atomic E-state index is 0.117. The fraction of sp³-hybridized carbons (Fsp3) is 0.500. The minimum Gasteiger partial charge on any atom is -0.371 e. The van der Waals surface area contributed by atoms with Gasteiger partial charge < -0.3 is 10.2 Å². The van der Waals surface area contributed by atoms with E-state index in [1.54, 1.807) is 11.7 Å². The van der Waals surface area contributed by atoms with Crippen LogP contribution in [0.3, 0.4) is 0 Å². The van der Waals surface area contributed by atoms with E-state index in [1.165, 1.54) is 0 Å². The zero-order chi connectivity index (χ0) is 21.9. The summed E-state index contributed by atoms with van der Waals surface area (Å²) in [4.78, 5) is 14.7. The van der Waals surface area contributed by atoms with Crippen LogP contribution in [0.1, 0.15) is 31.7 Å². The molecule has 0 bridgehead atoms. The van der Waals surface area contributed by atoms with Gasteiger partial charge in [-0.1, -0.05) is 35.8 Å². The van der Waals surface area contributed by atoms with Crippen molar-refractivity contribution in [2.24, 2.45) is 13.0 Å². The third kappa shape index (κ3) is 4.97.